The number of anilines is 1. The average molecular weight is 311 g/mol. The molecule has 0 aliphatic carbocycles. The average Bonchev–Trinajstić information content (AvgIpc) is 2.48. The fourth-order valence-electron chi connectivity index (χ4n) is 1.91. The minimum Gasteiger partial charge on any atom is -0.322 e. The van der Waals surface area contributed by atoms with E-state index in [0.29, 0.717) is 0 Å². The van der Waals surface area contributed by atoms with Gasteiger partial charge in [-0.2, -0.15) is 0 Å². The van der Waals surface area contributed by atoms with Crippen molar-refractivity contribution in [2.24, 2.45) is 0 Å². The van der Waals surface area contributed by atoms with Crippen LogP contribution in [-0.2, 0) is 10.2 Å². The zero-order valence-corrected chi connectivity index (χ0v) is 14.0. The van der Waals surface area contributed by atoms with Gasteiger partial charge in [0, 0.05) is 16.7 Å². The third-order valence-electron chi connectivity index (χ3n) is 3.19. The van der Waals surface area contributed by atoms with Gasteiger partial charge in [0.25, 0.3) is 0 Å². The van der Waals surface area contributed by atoms with E-state index >= 15 is 0 Å². The number of carbonyl (C=O) groups excluding carboxylic acids is 1. The van der Waals surface area contributed by atoms with Gasteiger partial charge in [-0.3, -0.25) is 4.79 Å². The Hall–Kier alpha value is -2.00. The zero-order valence-electron chi connectivity index (χ0n) is 13.2. The van der Waals surface area contributed by atoms with Crippen molar-refractivity contribution < 1.29 is 4.79 Å². The summed E-state index contributed by atoms with van der Waals surface area (Å²) in [5.41, 5.74) is 2.27. The van der Waals surface area contributed by atoms with E-state index in [0.717, 1.165) is 10.6 Å². The Morgan fingerprint density at radius 2 is 1.64 bits per heavy atom. The minimum absolute atomic E-state index is 0.120. The van der Waals surface area contributed by atoms with Crippen LogP contribution in [0.5, 0.6) is 0 Å². The number of carbonyl (C=O) groups is 1. The Kier molecular flexibility index (Phi) is 5.45. The fourth-order valence-corrected chi connectivity index (χ4v) is 2.56. The van der Waals surface area contributed by atoms with Gasteiger partial charge in [-0.1, -0.05) is 62.9 Å². The molecule has 2 aromatic rings. The lowest BCUT2D eigenvalue weighted by atomic mass is 9.87. The standard InChI is InChI=1S/C19H21NOS/c1-19(2,3)15-9-11-17(12-10-15)22-14-13-18(21)20-16-7-5-4-6-8-16/h4-14H,1-3H3,(H,20,21)/b14-13-. The van der Waals surface area contributed by atoms with Gasteiger partial charge in [0.1, 0.15) is 0 Å². The van der Waals surface area contributed by atoms with E-state index in [2.05, 4.69) is 50.4 Å². The first-order chi connectivity index (χ1) is 10.4. The number of benzene rings is 2. The van der Waals surface area contributed by atoms with Crippen LogP contribution in [0.2, 0.25) is 0 Å². The van der Waals surface area contributed by atoms with Crippen LogP contribution in [-0.4, -0.2) is 5.91 Å². The molecule has 3 heteroatoms. The van der Waals surface area contributed by atoms with Crippen LogP contribution in [0.15, 0.2) is 71.0 Å². The van der Waals surface area contributed by atoms with Crippen LogP contribution < -0.4 is 5.32 Å². The van der Waals surface area contributed by atoms with E-state index in [-0.39, 0.29) is 11.3 Å². The normalized spacial score (nSPS) is 11.6. The maximum Gasteiger partial charge on any atom is 0.248 e. The van der Waals surface area contributed by atoms with Gasteiger partial charge in [-0.25, -0.2) is 0 Å². The van der Waals surface area contributed by atoms with Gasteiger partial charge < -0.3 is 5.32 Å². The van der Waals surface area contributed by atoms with Crippen molar-refractivity contribution in [2.45, 2.75) is 31.1 Å². The number of nitrogens with one attached hydrogen (secondary N) is 1. The second-order valence-electron chi connectivity index (χ2n) is 6.05. The highest BCUT2D eigenvalue weighted by Gasteiger charge is 2.12. The highest BCUT2D eigenvalue weighted by atomic mass is 32.2. The molecule has 1 amide bonds. The number of rotatable bonds is 4. The van der Waals surface area contributed by atoms with Crippen LogP contribution in [0.4, 0.5) is 5.69 Å². The van der Waals surface area contributed by atoms with Crippen LogP contribution in [0.3, 0.4) is 0 Å². The second-order valence-corrected chi connectivity index (χ2v) is 7.03. The summed E-state index contributed by atoms with van der Waals surface area (Å²) < 4.78 is 0. The Morgan fingerprint density at radius 3 is 2.23 bits per heavy atom. The largest absolute Gasteiger partial charge is 0.322 e. The van der Waals surface area contributed by atoms with Crippen molar-refractivity contribution in [1.82, 2.24) is 0 Å². The Bertz CT molecular complexity index is 639. The van der Waals surface area contributed by atoms with Crippen LogP contribution in [0, 0.1) is 0 Å². The summed E-state index contributed by atoms with van der Waals surface area (Å²) in [4.78, 5) is 12.9. The number of thioether (sulfide) groups is 1. The molecule has 0 saturated carbocycles. The number of hydrogen-bond acceptors (Lipinski definition) is 2. The molecular formula is C19H21NOS. The molecule has 0 atom stereocenters. The molecule has 114 valence electrons. The maximum atomic E-state index is 11.8. The molecule has 0 aliphatic rings. The number of para-hydroxylation sites is 1. The molecule has 0 aromatic heterocycles. The topological polar surface area (TPSA) is 29.1 Å². The van der Waals surface area contributed by atoms with Crippen molar-refractivity contribution >= 4 is 23.4 Å². The monoisotopic (exact) mass is 311 g/mol. The molecule has 0 bridgehead atoms. The summed E-state index contributed by atoms with van der Waals surface area (Å²) in [5.74, 6) is -0.120. The van der Waals surface area contributed by atoms with Gasteiger partial charge in [0.15, 0.2) is 0 Å². The smallest absolute Gasteiger partial charge is 0.248 e. The van der Waals surface area contributed by atoms with Crippen LogP contribution in [0.1, 0.15) is 26.3 Å². The van der Waals surface area contributed by atoms with Gasteiger partial charge in [-0.05, 0) is 40.7 Å². The highest BCUT2D eigenvalue weighted by Crippen LogP contribution is 2.26. The lowest BCUT2D eigenvalue weighted by Crippen LogP contribution is -2.10. The van der Waals surface area contributed by atoms with E-state index < -0.39 is 0 Å². The molecule has 2 nitrogen and oxygen atoms in total. The third-order valence-corrected chi connectivity index (χ3v) is 4.00. The lowest BCUT2D eigenvalue weighted by Gasteiger charge is -2.18. The molecular weight excluding hydrogens is 290 g/mol. The van der Waals surface area contributed by atoms with E-state index in [1.807, 2.05) is 35.7 Å². The maximum absolute atomic E-state index is 11.8. The number of hydrogen-bond donors (Lipinski definition) is 1. The van der Waals surface area contributed by atoms with E-state index in [1.165, 1.54) is 17.3 Å². The van der Waals surface area contributed by atoms with Gasteiger partial charge in [-0.15, -0.1) is 0 Å². The predicted molar refractivity (Wildman–Crippen MR) is 95.2 cm³/mol. The summed E-state index contributed by atoms with van der Waals surface area (Å²) in [6, 6.07) is 17.9. The van der Waals surface area contributed by atoms with Crippen molar-refractivity contribution in [3.05, 3.63) is 71.6 Å². The highest BCUT2D eigenvalue weighted by molar-refractivity contribution is 8.02. The second kappa shape index (κ2) is 7.32. The van der Waals surface area contributed by atoms with Crippen molar-refractivity contribution in [3.8, 4) is 0 Å². The molecule has 0 unspecified atom stereocenters. The molecule has 22 heavy (non-hydrogen) atoms. The quantitative estimate of drug-likeness (QED) is 0.619. The van der Waals surface area contributed by atoms with Crippen molar-refractivity contribution in [3.63, 3.8) is 0 Å². The van der Waals surface area contributed by atoms with E-state index in [1.54, 1.807) is 6.08 Å². The predicted octanol–water partition coefficient (Wildman–Crippen LogP) is 5.23. The fraction of sp³-hybridized carbons (Fsp3) is 0.211. The van der Waals surface area contributed by atoms with Gasteiger partial charge in [0.05, 0.1) is 0 Å². The van der Waals surface area contributed by atoms with Crippen LogP contribution >= 0.6 is 11.8 Å². The SMILES string of the molecule is CC(C)(C)c1ccc(S/C=C\C(=O)Nc2ccccc2)cc1. The molecule has 2 rings (SSSR count). The summed E-state index contributed by atoms with van der Waals surface area (Å²) in [7, 11) is 0. The van der Waals surface area contributed by atoms with E-state index in [9.17, 15) is 4.79 Å². The van der Waals surface area contributed by atoms with Crippen molar-refractivity contribution in [1.29, 1.82) is 0 Å². The molecule has 0 saturated heterocycles. The molecule has 1 N–H and O–H groups in total. The Balaban J connectivity index is 1.88. The van der Waals surface area contributed by atoms with Gasteiger partial charge >= 0.3 is 0 Å². The molecule has 2 aromatic carbocycles. The first kappa shape index (κ1) is 16.4. The molecule has 0 heterocycles. The first-order valence-electron chi connectivity index (χ1n) is 7.25. The molecule has 0 aliphatic heterocycles. The molecule has 0 fully saturated rings. The summed E-state index contributed by atoms with van der Waals surface area (Å²) in [6.07, 6.45) is 1.55. The minimum atomic E-state index is -0.120. The zero-order chi connectivity index (χ0) is 16.0. The molecule has 0 radical (unpaired) electrons. The first-order valence-corrected chi connectivity index (χ1v) is 8.13. The van der Waals surface area contributed by atoms with Crippen molar-refractivity contribution in [2.75, 3.05) is 5.32 Å². The number of amides is 1. The Morgan fingerprint density at radius 1 is 1.00 bits per heavy atom. The van der Waals surface area contributed by atoms with Gasteiger partial charge in [0.2, 0.25) is 5.91 Å². The van der Waals surface area contributed by atoms with E-state index in [4.69, 9.17) is 0 Å². The summed E-state index contributed by atoms with van der Waals surface area (Å²) in [5, 5.41) is 4.63. The molecule has 0 spiro atoms. The van der Waals surface area contributed by atoms with Crippen LogP contribution in [0.25, 0.3) is 0 Å². The summed E-state index contributed by atoms with van der Waals surface area (Å²) in [6.45, 7) is 6.59. The lowest BCUT2D eigenvalue weighted by molar-refractivity contribution is -0.111. The summed E-state index contributed by atoms with van der Waals surface area (Å²) >= 11 is 1.54. The Labute approximate surface area is 136 Å². The third kappa shape index (κ3) is 5.08.